The Morgan fingerprint density at radius 3 is 2.51 bits per heavy atom. The summed E-state index contributed by atoms with van der Waals surface area (Å²) < 4.78 is 34.2. The predicted octanol–water partition coefficient (Wildman–Crippen LogP) is 6.42. The van der Waals surface area contributed by atoms with Gasteiger partial charge in [-0.15, -0.1) is 0 Å². The monoisotopic (exact) mass is 573 g/mol. The Balaban J connectivity index is 1.52. The highest BCUT2D eigenvalue weighted by molar-refractivity contribution is 7.92. The molecule has 0 saturated heterocycles. The zero-order valence-electron chi connectivity index (χ0n) is 23.3. The van der Waals surface area contributed by atoms with Gasteiger partial charge in [-0.1, -0.05) is 62.7 Å². The van der Waals surface area contributed by atoms with Gasteiger partial charge in [0.25, 0.3) is 10.0 Å². The number of benzene rings is 2. The summed E-state index contributed by atoms with van der Waals surface area (Å²) in [7, 11) is -4.01. The van der Waals surface area contributed by atoms with Crippen LogP contribution in [0, 0.1) is 17.2 Å². The minimum absolute atomic E-state index is 0.0340. The minimum Gasteiger partial charge on any atom is -0.512 e. The highest BCUT2D eigenvalue weighted by Crippen LogP contribution is 2.38. The number of cyclic esters (lactones) is 1. The van der Waals surface area contributed by atoms with Crippen LogP contribution in [0.1, 0.15) is 68.6 Å². The van der Waals surface area contributed by atoms with Crippen molar-refractivity contribution in [2.45, 2.75) is 69.4 Å². The van der Waals surface area contributed by atoms with Crippen molar-refractivity contribution in [2.75, 3.05) is 4.72 Å². The van der Waals surface area contributed by atoms with Gasteiger partial charge in [0.15, 0.2) is 5.03 Å². The van der Waals surface area contributed by atoms with Crippen LogP contribution in [0.25, 0.3) is 0 Å². The number of aryl methyl sites for hydroxylation is 1. The number of nitriles is 1. The molecule has 214 valence electrons. The van der Waals surface area contributed by atoms with Gasteiger partial charge >= 0.3 is 5.97 Å². The van der Waals surface area contributed by atoms with Crippen molar-refractivity contribution in [2.24, 2.45) is 5.92 Å². The number of esters is 1. The van der Waals surface area contributed by atoms with Gasteiger partial charge in [-0.25, -0.2) is 9.78 Å². The van der Waals surface area contributed by atoms with Crippen LogP contribution in [0.2, 0.25) is 0 Å². The normalized spacial score (nSPS) is 16.9. The number of nitrogens with zero attached hydrogens (tertiary/aromatic N) is 2. The maximum atomic E-state index is 13.3. The third-order valence-corrected chi connectivity index (χ3v) is 8.75. The van der Waals surface area contributed by atoms with E-state index in [-0.39, 0.29) is 39.9 Å². The van der Waals surface area contributed by atoms with E-state index < -0.39 is 28.0 Å². The number of aliphatic hydroxyl groups is 1. The van der Waals surface area contributed by atoms with Crippen LogP contribution >= 0.6 is 0 Å². The molecule has 0 fully saturated rings. The molecule has 3 aromatic rings. The fraction of sp³-hybridized carbons (Fsp3) is 0.344. The van der Waals surface area contributed by atoms with Crippen molar-refractivity contribution in [3.63, 3.8) is 0 Å². The number of anilines is 1. The summed E-state index contributed by atoms with van der Waals surface area (Å²) in [6.45, 7) is 4.01. The van der Waals surface area contributed by atoms with Crippen LogP contribution in [-0.2, 0) is 26.0 Å². The molecule has 1 aliphatic heterocycles. The van der Waals surface area contributed by atoms with E-state index >= 15 is 0 Å². The Kier molecular flexibility index (Phi) is 9.79. The van der Waals surface area contributed by atoms with Gasteiger partial charge in [0.2, 0.25) is 0 Å². The lowest BCUT2D eigenvalue weighted by Crippen LogP contribution is -2.34. The molecular formula is C32H35N3O5S. The summed E-state index contributed by atoms with van der Waals surface area (Å²) in [6, 6.07) is 21.5. The van der Waals surface area contributed by atoms with Gasteiger partial charge in [0.05, 0.1) is 11.1 Å². The van der Waals surface area contributed by atoms with E-state index in [1.165, 1.54) is 23.9 Å². The number of carbonyl (C=O) groups excluding carboxylic acids is 1. The van der Waals surface area contributed by atoms with Crippen LogP contribution in [0.3, 0.4) is 0 Å². The Hall–Kier alpha value is -4.16. The summed E-state index contributed by atoms with van der Waals surface area (Å²) in [5.41, 5.74) is 2.66. The topological polar surface area (TPSA) is 129 Å². The van der Waals surface area contributed by atoms with Crippen molar-refractivity contribution in [1.82, 2.24) is 4.98 Å². The standard InChI is InChI=1S/C32H35N3O5S/c1-3-9-24(16-14-22-10-6-5-7-11-22)29-19-28(36)31(32(37)40-29)27(4-2)25-12-8-13-26(18-25)35-41(38,39)30-17-15-23(20-33)21-34-30/h5-8,10-13,15,17-18,21,24,27,29,35-36H,3-4,9,14,16,19H2,1-2H3/t24-,27-,29?/m1/s1. The number of ether oxygens (including phenoxy) is 1. The summed E-state index contributed by atoms with van der Waals surface area (Å²) in [5, 5.41) is 19.9. The lowest BCUT2D eigenvalue weighted by molar-refractivity contribution is -0.150. The predicted molar refractivity (Wildman–Crippen MR) is 157 cm³/mol. The quantitative estimate of drug-likeness (QED) is 0.239. The number of hydrogen-bond acceptors (Lipinski definition) is 7. The summed E-state index contributed by atoms with van der Waals surface area (Å²) in [4.78, 5) is 17.2. The molecule has 1 aliphatic rings. The van der Waals surface area contributed by atoms with Crippen LogP contribution < -0.4 is 4.72 Å². The van der Waals surface area contributed by atoms with Crippen LogP contribution in [0.15, 0.2) is 89.3 Å². The van der Waals surface area contributed by atoms with Crippen LogP contribution in [0.5, 0.6) is 0 Å². The van der Waals surface area contributed by atoms with Crippen molar-refractivity contribution < 1.29 is 23.1 Å². The third-order valence-electron chi connectivity index (χ3n) is 7.45. The van der Waals surface area contributed by atoms with E-state index in [1.807, 2.05) is 31.2 Å². The second-order valence-electron chi connectivity index (χ2n) is 10.3. The van der Waals surface area contributed by atoms with Gasteiger partial charge in [0.1, 0.15) is 17.9 Å². The average molecular weight is 574 g/mol. The fourth-order valence-electron chi connectivity index (χ4n) is 5.39. The van der Waals surface area contributed by atoms with E-state index in [4.69, 9.17) is 10.00 Å². The lowest BCUT2D eigenvalue weighted by atomic mass is 9.82. The number of rotatable bonds is 12. The molecule has 3 atom stereocenters. The van der Waals surface area contributed by atoms with Crippen LogP contribution in [0.4, 0.5) is 5.69 Å². The first-order valence-electron chi connectivity index (χ1n) is 13.9. The number of hydrogen-bond donors (Lipinski definition) is 2. The molecule has 8 nitrogen and oxygen atoms in total. The first kappa shape index (κ1) is 29.8. The zero-order valence-corrected chi connectivity index (χ0v) is 24.1. The summed E-state index contributed by atoms with van der Waals surface area (Å²) in [5.74, 6) is -0.845. The van der Waals surface area contributed by atoms with E-state index in [0.29, 0.717) is 12.0 Å². The maximum Gasteiger partial charge on any atom is 0.338 e. The highest BCUT2D eigenvalue weighted by atomic mass is 32.2. The van der Waals surface area contributed by atoms with E-state index in [0.717, 1.165) is 25.7 Å². The van der Waals surface area contributed by atoms with Gasteiger partial charge in [0, 0.05) is 24.2 Å². The highest BCUT2D eigenvalue weighted by Gasteiger charge is 2.37. The number of nitrogens with one attached hydrogen (secondary N) is 1. The average Bonchev–Trinajstić information content (AvgIpc) is 2.97. The van der Waals surface area contributed by atoms with E-state index in [2.05, 4.69) is 28.8 Å². The van der Waals surface area contributed by atoms with Crippen molar-refractivity contribution in [1.29, 1.82) is 5.26 Å². The molecule has 1 unspecified atom stereocenters. The molecule has 41 heavy (non-hydrogen) atoms. The van der Waals surface area contributed by atoms with Gasteiger partial charge in [-0.2, -0.15) is 13.7 Å². The Bertz CT molecular complexity index is 1530. The fourth-order valence-corrected chi connectivity index (χ4v) is 6.37. The van der Waals surface area contributed by atoms with Crippen molar-refractivity contribution in [3.05, 3.63) is 101 Å². The summed E-state index contributed by atoms with van der Waals surface area (Å²) in [6.07, 6.45) is 5.12. The molecule has 2 heterocycles. The lowest BCUT2D eigenvalue weighted by Gasteiger charge is -2.33. The SMILES string of the molecule is CCC[C@H](CCc1ccccc1)C1CC(O)=C([C@H](CC)c2cccc(NS(=O)(=O)c3ccc(C#N)cn3)c2)C(=O)O1. The molecule has 0 spiro atoms. The molecule has 0 saturated carbocycles. The van der Waals surface area contributed by atoms with E-state index in [9.17, 15) is 18.3 Å². The van der Waals surface area contributed by atoms with Crippen LogP contribution in [-0.4, -0.2) is 30.6 Å². The molecule has 0 aliphatic carbocycles. The Morgan fingerprint density at radius 1 is 1.10 bits per heavy atom. The zero-order chi connectivity index (χ0) is 29.4. The number of carbonyl (C=O) groups is 1. The second-order valence-corrected chi connectivity index (χ2v) is 11.9. The Morgan fingerprint density at radius 2 is 1.88 bits per heavy atom. The number of aliphatic hydroxyl groups excluding tert-OH is 1. The molecule has 0 bridgehead atoms. The van der Waals surface area contributed by atoms with Gasteiger partial charge in [-0.3, -0.25) is 4.72 Å². The first-order valence-corrected chi connectivity index (χ1v) is 15.4. The molecule has 0 radical (unpaired) electrons. The number of aromatic nitrogens is 1. The van der Waals surface area contributed by atoms with Crippen molar-refractivity contribution >= 4 is 21.7 Å². The number of pyridine rings is 1. The molecule has 1 aromatic heterocycles. The molecule has 2 aromatic carbocycles. The second kappa shape index (κ2) is 13.5. The molecule has 9 heteroatoms. The summed E-state index contributed by atoms with van der Waals surface area (Å²) >= 11 is 0. The molecule has 0 amide bonds. The van der Waals surface area contributed by atoms with E-state index in [1.54, 1.807) is 24.3 Å². The largest absolute Gasteiger partial charge is 0.512 e. The molecule has 4 rings (SSSR count). The van der Waals surface area contributed by atoms with Gasteiger partial charge < -0.3 is 9.84 Å². The van der Waals surface area contributed by atoms with Gasteiger partial charge in [-0.05, 0) is 67.0 Å². The third kappa shape index (κ3) is 7.33. The Labute approximate surface area is 241 Å². The molecule has 2 N–H and O–H groups in total. The van der Waals surface area contributed by atoms with Crippen molar-refractivity contribution in [3.8, 4) is 6.07 Å². The minimum atomic E-state index is -4.01. The first-order chi connectivity index (χ1) is 19.7. The maximum absolute atomic E-state index is 13.3. The number of sulfonamides is 1. The molecular weight excluding hydrogens is 538 g/mol. The smallest absolute Gasteiger partial charge is 0.338 e.